The zero-order valence-electron chi connectivity index (χ0n) is 11.6. The molecule has 1 aromatic rings. The summed E-state index contributed by atoms with van der Waals surface area (Å²) in [5, 5.41) is 1.05. The smallest absolute Gasteiger partial charge is 0.0366 e. The highest BCUT2D eigenvalue weighted by molar-refractivity contribution is 9.09. The van der Waals surface area contributed by atoms with Gasteiger partial charge in [0.05, 0.1) is 0 Å². The van der Waals surface area contributed by atoms with E-state index in [0.717, 1.165) is 11.9 Å². The van der Waals surface area contributed by atoms with Crippen molar-refractivity contribution in [3.63, 3.8) is 0 Å². The first-order valence-corrected chi connectivity index (χ1v) is 7.30. The summed E-state index contributed by atoms with van der Waals surface area (Å²) in [6.07, 6.45) is 0. The van der Waals surface area contributed by atoms with E-state index >= 15 is 0 Å². The van der Waals surface area contributed by atoms with Gasteiger partial charge in [0.25, 0.3) is 0 Å². The van der Waals surface area contributed by atoms with Crippen LogP contribution in [0.15, 0.2) is 24.3 Å². The van der Waals surface area contributed by atoms with Crippen molar-refractivity contribution in [2.75, 3.05) is 23.8 Å². The average Bonchev–Trinajstić information content (AvgIpc) is 2.23. The Morgan fingerprint density at radius 3 is 2.41 bits per heavy atom. The van der Waals surface area contributed by atoms with Crippen molar-refractivity contribution in [2.24, 2.45) is 11.3 Å². The Hall–Kier alpha value is -0.500. The summed E-state index contributed by atoms with van der Waals surface area (Å²) >= 11 is 3.64. The average molecular weight is 298 g/mol. The van der Waals surface area contributed by atoms with Gasteiger partial charge in [0.2, 0.25) is 0 Å². The molecule has 0 N–H and O–H groups in total. The lowest BCUT2D eigenvalue weighted by molar-refractivity contribution is 0.273. The number of aryl methyl sites for hydroxylation is 1. The maximum Gasteiger partial charge on any atom is 0.0366 e. The van der Waals surface area contributed by atoms with Crippen LogP contribution in [-0.2, 0) is 0 Å². The molecule has 0 saturated heterocycles. The lowest BCUT2D eigenvalue weighted by atomic mass is 9.82. The largest absolute Gasteiger partial charge is 0.374 e. The summed E-state index contributed by atoms with van der Waals surface area (Å²) in [5.74, 6) is 0.646. The lowest BCUT2D eigenvalue weighted by Gasteiger charge is -2.33. The van der Waals surface area contributed by atoms with Crippen LogP contribution in [0, 0.1) is 18.3 Å². The molecular weight excluding hydrogens is 274 g/mol. The van der Waals surface area contributed by atoms with Gasteiger partial charge in [-0.2, -0.15) is 0 Å². The number of hydrogen-bond acceptors (Lipinski definition) is 1. The monoisotopic (exact) mass is 297 g/mol. The number of halogens is 1. The van der Waals surface area contributed by atoms with E-state index in [-0.39, 0.29) is 0 Å². The molecule has 1 aromatic carbocycles. The first-order chi connectivity index (χ1) is 7.84. The molecule has 0 amide bonds. The quantitative estimate of drug-likeness (QED) is 0.740. The van der Waals surface area contributed by atoms with Gasteiger partial charge in [0.15, 0.2) is 0 Å². The lowest BCUT2D eigenvalue weighted by Crippen LogP contribution is -2.34. The third-order valence-electron chi connectivity index (χ3n) is 3.35. The van der Waals surface area contributed by atoms with Crippen LogP contribution in [0.25, 0.3) is 0 Å². The molecule has 1 rings (SSSR count). The number of rotatable bonds is 4. The van der Waals surface area contributed by atoms with E-state index in [4.69, 9.17) is 0 Å². The molecule has 0 fully saturated rings. The minimum atomic E-state index is 0.335. The summed E-state index contributed by atoms with van der Waals surface area (Å²) in [6.45, 7) is 10.1. The maximum atomic E-state index is 3.64. The van der Waals surface area contributed by atoms with E-state index in [0.29, 0.717) is 11.3 Å². The van der Waals surface area contributed by atoms with E-state index in [1.807, 2.05) is 0 Å². The Kier molecular flexibility index (Phi) is 5.05. The van der Waals surface area contributed by atoms with Crippen molar-refractivity contribution >= 4 is 21.6 Å². The predicted octanol–water partition coefficient (Wildman–Crippen LogP) is 4.49. The van der Waals surface area contributed by atoms with Gasteiger partial charge in [0.1, 0.15) is 0 Å². The van der Waals surface area contributed by atoms with Crippen LogP contribution in [0.1, 0.15) is 26.3 Å². The van der Waals surface area contributed by atoms with Crippen LogP contribution in [0.3, 0.4) is 0 Å². The first kappa shape index (κ1) is 14.6. The van der Waals surface area contributed by atoms with Gasteiger partial charge in [0, 0.05) is 24.6 Å². The van der Waals surface area contributed by atoms with Gasteiger partial charge in [-0.25, -0.2) is 0 Å². The van der Waals surface area contributed by atoms with Crippen LogP contribution in [0.4, 0.5) is 5.69 Å². The molecule has 1 unspecified atom stereocenters. The molecule has 0 bridgehead atoms. The van der Waals surface area contributed by atoms with Crippen molar-refractivity contribution in [3.05, 3.63) is 29.8 Å². The second-order valence-electron chi connectivity index (χ2n) is 5.94. The second-order valence-corrected chi connectivity index (χ2v) is 6.58. The summed E-state index contributed by atoms with van der Waals surface area (Å²) < 4.78 is 0. The third-order valence-corrected chi connectivity index (χ3v) is 4.13. The molecule has 0 radical (unpaired) electrons. The molecule has 2 heteroatoms. The van der Waals surface area contributed by atoms with E-state index in [1.54, 1.807) is 0 Å². The van der Waals surface area contributed by atoms with Crippen molar-refractivity contribution in [1.29, 1.82) is 0 Å². The van der Waals surface area contributed by atoms with Crippen molar-refractivity contribution in [3.8, 4) is 0 Å². The van der Waals surface area contributed by atoms with Crippen molar-refractivity contribution < 1.29 is 0 Å². The molecule has 96 valence electrons. The zero-order chi connectivity index (χ0) is 13.1. The highest BCUT2D eigenvalue weighted by Gasteiger charge is 2.24. The summed E-state index contributed by atoms with van der Waals surface area (Å²) in [7, 11) is 2.18. The van der Waals surface area contributed by atoms with Crippen molar-refractivity contribution in [2.45, 2.75) is 27.7 Å². The molecule has 0 aromatic heterocycles. The van der Waals surface area contributed by atoms with Crippen LogP contribution in [-0.4, -0.2) is 18.9 Å². The Balaban J connectivity index is 2.74. The fraction of sp³-hybridized carbons (Fsp3) is 0.600. The number of anilines is 1. The van der Waals surface area contributed by atoms with Gasteiger partial charge >= 0.3 is 0 Å². The Bertz CT molecular complexity index is 354. The van der Waals surface area contributed by atoms with Crippen molar-refractivity contribution in [1.82, 2.24) is 0 Å². The van der Waals surface area contributed by atoms with E-state index in [2.05, 4.69) is 79.8 Å². The Morgan fingerprint density at radius 1 is 1.29 bits per heavy atom. The topological polar surface area (TPSA) is 3.24 Å². The molecule has 0 aliphatic rings. The molecule has 1 atom stereocenters. The summed E-state index contributed by atoms with van der Waals surface area (Å²) in [6, 6.07) is 8.69. The molecule has 0 heterocycles. The predicted molar refractivity (Wildman–Crippen MR) is 81.2 cm³/mol. The Labute approximate surface area is 114 Å². The molecule has 0 aliphatic heterocycles. The minimum absolute atomic E-state index is 0.335. The minimum Gasteiger partial charge on any atom is -0.374 e. The van der Waals surface area contributed by atoms with Crippen LogP contribution < -0.4 is 4.90 Å². The maximum absolute atomic E-state index is 3.64. The van der Waals surface area contributed by atoms with Gasteiger partial charge in [-0.05, 0) is 36.0 Å². The second kappa shape index (κ2) is 5.90. The Morgan fingerprint density at radius 2 is 1.94 bits per heavy atom. The molecule has 0 saturated carbocycles. The highest BCUT2D eigenvalue weighted by Crippen LogP contribution is 2.29. The first-order valence-electron chi connectivity index (χ1n) is 6.18. The van der Waals surface area contributed by atoms with Gasteiger partial charge in [-0.3, -0.25) is 0 Å². The zero-order valence-corrected chi connectivity index (χ0v) is 13.2. The normalized spacial score (nSPS) is 13.5. The SMILES string of the molecule is Cc1cccc(N(C)CC(CBr)C(C)(C)C)c1. The summed E-state index contributed by atoms with van der Waals surface area (Å²) in [4.78, 5) is 2.35. The van der Waals surface area contributed by atoms with Crippen LogP contribution in [0.5, 0.6) is 0 Å². The fourth-order valence-corrected chi connectivity index (χ4v) is 3.03. The van der Waals surface area contributed by atoms with E-state index in [1.165, 1.54) is 11.3 Å². The van der Waals surface area contributed by atoms with E-state index < -0.39 is 0 Å². The van der Waals surface area contributed by atoms with Gasteiger partial charge < -0.3 is 4.90 Å². The number of nitrogens with zero attached hydrogens (tertiary/aromatic N) is 1. The highest BCUT2D eigenvalue weighted by atomic mass is 79.9. The number of hydrogen-bond donors (Lipinski definition) is 0. The molecule has 0 aliphatic carbocycles. The summed E-state index contributed by atoms with van der Waals surface area (Å²) in [5.41, 5.74) is 2.96. The van der Waals surface area contributed by atoms with Gasteiger partial charge in [-0.15, -0.1) is 0 Å². The molecule has 17 heavy (non-hydrogen) atoms. The molecule has 0 spiro atoms. The van der Waals surface area contributed by atoms with Gasteiger partial charge in [-0.1, -0.05) is 48.8 Å². The molecule has 1 nitrogen and oxygen atoms in total. The number of benzene rings is 1. The fourth-order valence-electron chi connectivity index (χ4n) is 1.86. The third kappa shape index (κ3) is 4.34. The van der Waals surface area contributed by atoms with Crippen LogP contribution in [0.2, 0.25) is 0 Å². The number of alkyl halides is 1. The van der Waals surface area contributed by atoms with Crippen LogP contribution >= 0.6 is 15.9 Å². The van der Waals surface area contributed by atoms with E-state index in [9.17, 15) is 0 Å². The molecular formula is C15H24BrN. The standard InChI is InChI=1S/C15H24BrN/c1-12-7-6-8-14(9-12)17(5)11-13(10-16)15(2,3)4/h6-9,13H,10-11H2,1-5H3.